The van der Waals surface area contributed by atoms with Gasteiger partial charge in [-0.25, -0.2) is 4.68 Å². The maximum absolute atomic E-state index is 10.9. The first kappa shape index (κ1) is 14.3. The molecule has 0 aliphatic carbocycles. The van der Waals surface area contributed by atoms with Gasteiger partial charge < -0.3 is 19.3 Å². The molecule has 120 valence electrons. The molecule has 1 aromatic heterocycles. The summed E-state index contributed by atoms with van der Waals surface area (Å²) in [5.41, 5.74) is 0.741. The Kier molecular flexibility index (Phi) is 3.73. The molecule has 4 rings (SSSR count). The van der Waals surface area contributed by atoms with Gasteiger partial charge in [-0.3, -0.25) is 0 Å². The van der Waals surface area contributed by atoms with E-state index >= 15 is 0 Å². The molecule has 0 spiro atoms. The quantitative estimate of drug-likeness (QED) is 0.830. The summed E-state index contributed by atoms with van der Waals surface area (Å²) in [6.45, 7) is 2.81. The van der Waals surface area contributed by atoms with Crippen LogP contribution in [-0.2, 0) is 26.4 Å². The van der Waals surface area contributed by atoms with Crippen LogP contribution in [0.1, 0.15) is 31.4 Å². The van der Waals surface area contributed by atoms with Gasteiger partial charge in [0.15, 0.2) is 11.9 Å². The Balaban J connectivity index is 1.46. The number of ether oxygens (including phenoxy) is 3. The molecule has 22 heavy (non-hydrogen) atoms. The summed E-state index contributed by atoms with van der Waals surface area (Å²) in [6, 6.07) is 0. The molecule has 0 radical (unpaired) electrons. The first-order valence-electron chi connectivity index (χ1n) is 7.90. The van der Waals surface area contributed by atoms with Crippen LogP contribution in [0.15, 0.2) is 17.8 Å². The largest absolute Gasteiger partial charge is 0.381 e. The van der Waals surface area contributed by atoms with Gasteiger partial charge in [-0.2, -0.15) is 0 Å². The van der Waals surface area contributed by atoms with Crippen molar-refractivity contribution in [1.29, 1.82) is 0 Å². The lowest BCUT2D eigenvalue weighted by atomic mass is 9.90. The number of aliphatic hydroxyl groups is 1. The van der Waals surface area contributed by atoms with E-state index in [1.165, 1.54) is 5.57 Å². The van der Waals surface area contributed by atoms with Crippen LogP contribution in [0.5, 0.6) is 0 Å². The Morgan fingerprint density at radius 1 is 1.41 bits per heavy atom. The number of hydrogen-bond acceptors (Lipinski definition) is 6. The minimum absolute atomic E-state index is 0.110. The van der Waals surface area contributed by atoms with Crippen LogP contribution in [0.25, 0.3) is 0 Å². The Morgan fingerprint density at radius 3 is 3.14 bits per heavy atom. The van der Waals surface area contributed by atoms with E-state index in [9.17, 15) is 5.11 Å². The molecule has 1 unspecified atom stereocenters. The third-order valence-electron chi connectivity index (χ3n) is 4.67. The predicted octanol–water partition coefficient (Wildman–Crippen LogP) is 0.738. The molecule has 3 atom stereocenters. The highest BCUT2D eigenvalue weighted by Crippen LogP contribution is 2.40. The van der Waals surface area contributed by atoms with Crippen LogP contribution in [0, 0.1) is 0 Å². The van der Waals surface area contributed by atoms with Crippen molar-refractivity contribution in [3.63, 3.8) is 0 Å². The molecule has 2 bridgehead atoms. The standard InChI is InChI=1S/C15H21N3O4/c19-15(5-1-12-10-21-14(15)22-12)13-9-18(17-16-13)6-2-11-3-7-20-8-4-11/h2,9,12,14,19H,1,3-8,10H2/t12-,14+,15?/m0/s1. The van der Waals surface area contributed by atoms with Gasteiger partial charge in [-0.05, 0) is 25.7 Å². The molecule has 3 aliphatic rings. The number of aromatic nitrogens is 3. The van der Waals surface area contributed by atoms with Crippen molar-refractivity contribution in [2.24, 2.45) is 0 Å². The smallest absolute Gasteiger partial charge is 0.192 e. The van der Waals surface area contributed by atoms with E-state index < -0.39 is 11.9 Å². The molecule has 0 amide bonds. The van der Waals surface area contributed by atoms with Crippen molar-refractivity contribution in [1.82, 2.24) is 15.0 Å². The van der Waals surface area contributed by atoms with Crippen LogP contribution in [0.2, 0.25) is 0 Å². The first-order chi connectivity index (χ1) is 10.7. The monoisotopic (exact) mass is 307 g/mol. The van der Waals surface area contributed by atoms with Crippen molar-refractivity contribution in [2.45, 2.75) is 50.2 Å². The van der Waals surface area contributed by atoms with Crippen molar-refractivity contribution in [3.05, 3.63) is 23.5 Å². The average molecular weight is 307 g/mol. The number of fused-ring (bicyclic) bond motifs is 2. The van der Waals surface area contributed by atoms with E-state index in [1.54, 1.807) is 10.9 Å². The third kappa shape index (κ3) is 2.58. The lowest BCUT2D eigenvalue weighted by Gasteiger charge is -2.34. The predicted molar refractivity (Wildman–Crippen MR) is 75.9 cm³/mol. The topological polar surface area (TPSA) is 78.6 Å². The van der Waals surface area contributed by atoms with E-state index in [0.29, 0.717) is 25.3 Å². The van der Waals surface area contributed by atoms with Gasteiger partial charge >= 0.3 is 0 Å². The second-order valence-corrected chi connectivity index (χ2v) is 6.19. The van der Waals surface area contributed by atoms with E-state index in [4.69, 9.17) is 14.2 Å². The molecule has 3 saturated heterocycles. The second-order valence-electron chi connectivity index (χ2n) is 6.19. The molecule has 0 aromatic carbocycles. The second kappa shape index (κ2) is 5.73. The summed E-state index contributed by atoms with van der Waals surface area (Å²) < 4.78 is 18.3. The number of rotatable bonds is 3. The molecule has 0 saturated carbocycles. The van der Waals surface area contributed by atoms with E-state index in [-0.39, 0.29) is 6.10 Å². The van der Waals surface area contributed by atoms with E-state index in [1.807, 2.05) is 0 Å². The zero-order chi connectivity index (χ0) is 15.0. The van der Waals surface area contributed by atoms with Gasteiger partial charge in [0.1, 0.15) is 5.69 Å². The third-order valence-corrected chi connectivity index (χ3v) is 4.67. The molecule has 1 N–H and O–H groups in total. The fourth-order valence-electron chi connectivity index (χ4n) is 3.24. The summed E-state index contributed by atoms with van der Waals surface area (Å²) in [7, 11) is 0. The lowest BCUT2D eigenvalue weighted by molar-refractivity contribution is -0.219. The summed E-state index contributed by atoms with van der Waals surface area (Å²) in [5, 5.41) is 19.1. The molecule has 3 fully saturated rings. The van der Waals surface area contributed by atoms with Crippen LogP contribution in [-0.4, -0.2) is 52.3 Å². The normalized spacial score (nSPS) is 34.9. The molecule has 4 heterocycles. The zero-order valence-electron chi connectivity index (χ0n) is 12.5. The van der Waals surface area contributed by atoms with Gasteiger partial charge in [0, 0.05) is 0 Å². The summed E-state index contributed by atoms with van der Waals surface area (Å²) in [4.78, 5) is 0. The van der Waals surface area contributed by atoms with Crippen molar-refractivity contribution < 1.29 is 19.3 Å². The molecular weight excluding hydrogens is 286 g/mol. The fraction of sp³-hybridized carbons (Fsp3) is 0.733. The summed E-state index contributed by atoms with van der Waals surface area (Å²) >= 11 is 0. The highest BCUT2D eigenvalue weighted by atomic mass is 16.7. The highest BCUT2D eigenvalue weighted by molar-refractivity contribution is 5.12. The van der Waals surface area contributed by atoms with Gasteiger partial charge in [0.05, 0.1) is 38.7 Å². The molecule has 3 aliphatic heterocycles. The maximum atomic E-state index is 10.9. The fourth-order valence-corrected chi connectivity index (χ4v) is 3.24. The van der Waals surface area contributed by atoms with Crippen LogP contribution >= 0.6 is 0 Å². The van der Waals surface area contributed by atoms with Gasteiger partial charge in [-0.1, -0.05) is 16.9 Å². The Hall–Kier alpha value is -1.28. The maximum Gasteiger partial charge on any atom is 0.192 e. The van der Waals surface area contributed by atoms with Crippen molar-refractivity contribution in [3.8, 4) is 0 Å². The Labute approximate surface area is 128 Å². The van der Waals surface area contributed by atoms with E-state index in [0.717, 1.165) is 32.5 Å². The lowest BCUT2D eigenvalue weighted by Crippen LogP contribution is -2.44. The molecular formula is C15H21N3O4. The molecule has 7 heteroatoms. The number of allylic oxidation sites excluding steroid dienone is 1. The number of nitrogens with zero attached hydrogens (tertiary/aromatic N) is 3. The van der Waals surface area contributed by atoms with Crippen molar-refractivity contribution in [2.75, 3.05) is 19.8 Å². The molecule has 7 nitrogen and oxygen atoms in total. The first-order valence-corrected chi connectivity index (χ1v) is 7.90. The van der Waals surface area contributed by atoms with Crippen molar-refractivity contribution >= 4 is 0 Å². The number of hydrogen-bond donors (Lipinski definition) is 1. The highest BCUT2D eigenvalue weighted by Gasteiger charge is 2.51. The zero-order valence-corrected chi connectivity index (χ0v) is 12.5. The van der Waals surface area contributed by atoms with Gasteiger partial charge in [0.25, 0.3) is 0 Å². The summed E-state index contributed by atoms with van der Waals surface area (Å²) in [6.07, 6.45) is 6.80. The minimum Gasteiger partial charge on any atom is -0.381 e. The van der Waals surface area contributed by atoms with Crippen LogP contribution < -0.4 is 0 Å². The SMILES string of the molecule is OC1(c2cn(CC=C3CCOCC3)nn2)CC[C@H]2CO[C@@H]1O2. The molecule has 1 aromatic rings. The van der Waals surface area contributed by atoms with Crippen LogP contribution in [0.3, 0.4) is 0 Å². The van der Waals surface area contributed by atoms with Gasteiger partial charge in [-0.15, -0.1) is 5.10 Å². The Morgan fingerprint density at radius 2 is 2.27 bits per heavy atom. The average Bonchev–Trinajstić information content (AvgIpc) is 3.19. The minimum atomic E-state index is -1.18. The van der Waals surface area contributed by atoms with E-state index in [2.05, 4.69) is 16.4 Å². The summed E-state index contributed by atoms with van der Waals surface area (Å²) in [5.74, 6) is 0. The van der Waals surface area contributed by atoms with Crippen LogP contribution in [0.4, 0.5) is 0 Å². The van der Waals surface area contributed by atoms with Gasteiger partial charge in [0.2, 0.25) is 0 Å². The Bertz CT molecular complexity index is 565.